The minimum absolute atomic E-state index is 0.191. The van der Waals surface area contributed by atoms with E-state index in [2.05, 4.69) is 10.1 Å². The van der Waals surface area contributed by atoms with Crippen molar-refractivity contribution in [3.8, 4) is 5.75 Å². The monoisotopic (exact) mass is 504 g/mol. The van der Waals surface area contributed by atoms with E-state index >= 15 is 0 Å². The largest absolute Gasteiger partial charge is 0.483 e. The maximum atomic E-state index is 13.6. The molecule has 0 aromatic heterocycles. The van der Waals surface area contributed by atoms with Crippen LogP contribution in [0.5, 0.6) is 5.75 Å². The van der Waals surface area contributed by atoms with E-state index in [0.29, 0.717) is 0 Å². The van der Waals surface area contributed by atoms with Gasteiger partial charge in [0.15, 0.2) is 11.6 Å². The summed E-state index contributed by atoms with van der Waals surface area (Å²) >= 11 is 11.6. The van der Waals surface area contributed by atoms with Gasteiger partial charge in [0.25, 0.3) is 5.91 Å². The standard InChI is InChI=1S/C18H9Cl2F7N2O3/c19-8-4-7(5-9(20)14(8)32-6-12(23)15(24)18(25,26)27)28-17(31)29-16(30)13-10(21)2-1-3-11(13)22/h1-5H,6H2,(H2,28,29,30,31)/b15-12+. The molecule has 0 heterocycles. The zero-order chi connectivity index (χ0) is 24.2. The molecule has 0 aliphatic carbocycles. The quantitative estimate of drug-likeness (QED) is 0.468. The molecule has 0 saturated heterocycles. The second kappa shape index (κ2) is 10.1. The van der Waals surface area contributed by atoms with E-state index in [1.807, 2.05) is 0 Å². The first-order valence-electron chi connectivity index (χ1n) is 8.10. The number of carbonyl (C=O) groups is 2. The lowest BCUT2D eigenvalue weighted by molar-refractivity contribution is -0.111. The van der Waals surface area contributed by atoms with Crippen molar-refractivity contribution in [2.45, 2.75) is 6.18 Å². The molecular weight excluding hydrogens is 496 g/mol. The molecule has 5 nitrogen and oxygen atoms in total. The summed E-state index contributed by atoms with van der Waals surface area (Å²) in [6.45, 7) is -1.49. The number of hydrogen-bond acceptors (Lipinski definition) is 3. The molecule has 0 atom stereocenters. The summed E-state index contributed by atoms with van der Waals surface area (Å²) in [5.41, 5.74) is -1.20. The van der Waals surface area contributed by atoms with E-state index in [1.54, 1.807) is 5.32 Å². The molecule has 0 saturated carbocycles. The van der Waals surface area contributed by atoms with Crippen molar-refractivity contribution in [3.05, 3.63) is 69.2 Å². The molecule has 0 aliphatic rings. The van der Waals surface area contributed by atoms with Crippen LogP contribution < -0.4 is 15.4 Å². The Hall–Kier alpha value is -2.99. The van der Waals surface area contributed by atoms with Gasteiger partial charge in [0, 0.05) is 5.69 Å². The highest BCUT2D eigenvalue weighted by Gasteiger charge is 2.38. The molecule has 3 amide bonds. The van der Waals surface area contributed by atoms with Crippen LogP contribution in [0, 0.1) is 11.6 Å². The molecule has 0 bridgehead atoms. The molecule has 2 N–H and O–H groups in total. The highest BCUT2D eigenvalue weighted by molar-refractivity contribution is 6.37. The van der Waals surface area contributed by atoms with Crippen LogP contribution in [0.15, 0.2) is 42.0 Å². The average Bonchev–Trinajstić information content (AvgIpc) is 2.65. The van der Waals surface area contributed by atoms with Gasteiger partial charge < -0.3 is 10.1 Å². The third-order valence-corrected chi connectivity index (χ3v) is 4.06. The Morgan fingerprint density at radius 1 is 1.00 bits per heavy atom. The van der Waals surface area contributed by atoms with Crippen molar-refractivity contribution in [1.29, 1.82) is 0 Å². The fourth-order valence-corrected chi connectivity index (χ4v) is 2.76. The third-order valence-electron chi connectivity index (χ3n) is 3.50. The summed E-state index contributed by atoms with van der Waals surface area (Å²) in [5.74, 6) is -9.61. The van der Waals surface area contributed by atoms with Crippen molar-refractivity contribution in [2.24, 2.45) is 0 Å². The van der Waals surface area contributed by atoms with Gasteiger partial charge in [-0.3, -0.25) is 10.1 Å². The molecular formula is C18H9Cl2F7N2O3. The van der Waals surface area contributed by atoms with Crippen LogP contribution in [0.2, 0.25) is 10.0 Å². The van der Waals surface area contributed by atoms with Gasteiger partial charge in [0.2, 0.25) is 5.83 Å². The van der Waals surface area contributed by atoms with Crippen LogP contribution in [-0.2, 0) is 0 Å². The second-order valence-corrected chi connectivity index (χ2v) is 6.59. The molecule has 2 rings (SSSR count). The molecule has 172 valence electrons. The lowest BCUT2D eigenvalue weighted by atomic mass is 10.2. The van der Waals surface area contributed by atoms with Gasteiger partial charge in [-0.05, 0) is 24.3 Å². The predicted molar refractivity (Wildman–Crippen MR) is 100 cm³/mol. The number of alkyl halides is 3. The number of benzene rings is 2. The first-order valence-corrected chi connectivity index (χ1v) is 8.86. The number of imide groups is 1. The van der Waals surface area contributed by atoms with Crippen LogP contribution in [0.25, 0.3) is 0 Å². The maximum absolute atomic E-state index is 13.6. The van der Waals surface area contributed by atoms with E-state index in [-0.39, 0.29) is 5.69 Å². The summed E-state index contributed by atoms with van der Waals surface area (Å²) in [6.07, 6.45) is -5.55. The van der Waals surface area contributed by atoms with Crippen molar-refractivity contribution in [1.82, 2.24) is 5.32 Å². The van der Waals surface area contributed by atoms with E-state index in [0.717, 1.165) is 30.3 Å². The van der Waals surface area contributed by atoms with Crippen molar-refractivity contribution in [2.75, 3.05) is 11.9 Å². The average molecular weight is 505 g/mol. The Morgan fingerprint density at radius 3 is 2.03 bits per heavy atom. The van der Waals surface area contributed by atoms with E-state index in [4.69, 9.17) is 23.2 Å². The topological polar surface area (TPSA) is 67.4 Å². The smallest absolute Gasteiger partial charge is 0.445 e. The molecule has 0 fully saturated rings. The number of halogens is 9. The van der Waals surface area contributed by atoms with Crippen LogP contribution >= 0.6 is 23.2 Å². The van der Waals surface area contributed by atoms with Crippen molar-refractivity contribution < 1.29 is 45.1 Å². The van der Waals surface area contributed by atoms with Gasteiger partial charge in [0.05, 0.1) is 10.0 Å². The minimum atomic E-state index is -5.55. The molecule has 14 heteroatoms. The van der Waals surface area contributed by atoms with Gasteiger partial charge in [-0.1, -0.05) is 29.3 Å². The lowest BCUT2D eigenvalue weighted by Crippen LogP contribution is -2.35. The van der Waals surface area contributed by atoms with Gasteiger partial charge in [0.1, 0.15) is 23.8 Å². The Morgan fingerprint density at radius 2 is 1.53 bits per heavy atom. The molecule has 2 aromatic carbocycles. The van der Waals surface area contributed by atoms with Gasteiger partial charge in [-0.15, -0.1) is 0 Å². The number of allylic oxidation sites excluding steroid dienone is 1. The summed E-state index contributed by atoms with van der Waals surface area (Å²) in [7, 11) is 0. The summed E-state index contributed by atoms with van der Waals surface area (Å²) in [6, 6.07) is 3.24. The van der Waals surface area contributed by atoms with E-state index < -0.39 is 69.4 Å². The highest BCUT2D eigenvalue weighted by atomic mass is 35.5. The Kier molecular flexibility index (Phi) is 7.97. The van der Waals surface area contributed by atoms with Crippen LogP contribution in [0.3, 0.4) is 0 Å². The Labute approximate surface area is 184 Å². The van der Waals surface area contributed by atoms with Gasteiger partial charge in [-0.25, -0.2) is 18.0 Å². The molecule has 0 radical (unpaired) electrons. The van der Waals surface area contributed by atoms with Crippen LogP contribution in [0.1, 0.15) is 10.4 Å². The Bertz CT molecular complexity index is 1050. The number of amides is 3. The molecule has 32 heavy (non-hydrogen) atoms. The van der Waals surface area contributed by atoms with Crippen LogP contribution in [-0.4, -0.2) is 24.7 Å². The van der Waals surface area contributed by atoms with Gasteiger partial charge >= 0.3 is 12.2 Å². The zero-order valence-corrected chi connectivity index (χ0v) is 16.7. The first kappa shape index (κ1) is 25.3. The number of carbonyl (C=O) groups excluding carboxylic acids is 2. The number of urea groups is 1. The van der Waals surface area contributed by atoms with Crippen LogP contribution in [0.4, 0.5) is 41.2 Å². The number of ether oxygens (including phenoxy) is 1. The summed E-state index contributed by atoms with van der Waals surface area (Å²) in [5, 5.41) is 2.86. The fourth-order valence-electron chi connectivity index (χ4n) is 2.17. The molecule has 0 aliphatic heterocycles. The Balaban J connectivity index is 2.10. The lowest BCUT2D eigenvalue weighted by Gasteiger charge is -2.13. The fraction of sp³-hybridized carbons (Fsp3) is 0.111. The number of hydrogen-bond donors (Lipinski definition) is 2. The summed E-state index contributed by atoms with van der Waals surface area (Å²) < 4.78 is 94.2. The first-order chi connectivity index (χ1) is 14.8. The normalized spacial score (nSPS) is 12.2. The molecule has 0 spiro atoms. The predicted octanol–water partition coefficient (Wildman–Crippen LogP) is 6.33. The summed E-state index contributed by atoms with van der Waals surface area (Å²) in [4.78, 5) is 23.8. The molecule has 2 aromatic rings. The molecule has 0 unspecified atom stereocenters. The van der Waals surface area contributed by atoms with Crippen molar-refractivity contribution in [3.63, 3.8) is 0 Å². The third kappa shape index (κ3) is 6.26. The minimum Gasteiger partial charge on any atom is -0.483 e. The number of nitrogens with one attached hydrogen (secondary N) is 2. The highest BCUT2D eigenvalue weighted by Crippen LogP contribution is 2.37. The maximum Gasteiger partial charge on any atom is 0.445 e. The SMILES string of the molecule is O=C(NC(=O)c1c(F)cccc1F)Nc1cc(Cl)c(OC/C(F)=C(\F)C(F)(F)F)c(Cl)c1. The zero-order valence-electron chi connectivity index (χ0n) is 15.2. The van der Waals surface area contributed by atoms with E-state index in [9.17, 15) is 40.3 Å². The van der Waals surface area contributed by atoms with Gasteiger partial charge in [-0.2, -0.15) is 17.6 Å². The number of rotatable bonds is 5. The second-order valence-electron chi connectivity index (χ2n) is 5.78. The van der Waals surface area contributed by atoms with Crippen molar-refractivity contribution >= 4 is 40.8 Å². The van der Waals surface area contributed by atoms with E-state index in [1.165, 1.54) is 0 Å². The number of anilines is 1.